The molecule has 7 nitrogen and oxygen atoms in total. The Kier molecular flexibility index (Phi) is 7.87. The highest BCUT2D eigenvalue weighted by Crippen LogP contribution is 2.34. The number of benzene rings is 2. The Hall–Kier alpha value is -2.77. The van der Waals surface area contributed by atoms with E-state index in [1.165, 1.54) is 14.2 Å². The monoisotopic (exact) mass is 419 g/mol. The fraction of sp³-hybridized carbons (Fsp3) is 0.333. The molecule has 0 spiro atoms. The van der Waals surface area contributed by atoms with Gasteiger partial charge in [-0.25, -0.2) is 0 Å². The summed E-state index contributed by atoms with van der Waals surface area (Å²) in [5.74, 6) is 0.427. The average molecular weight is 420 g/mol. The number of carbonyl (C=O) groups excluding carboxylic acids is 2. The van der Waals surface area contributed by atoms with Crippen molar-refractivity contribution in [2.75, 3.05) is 39.2 Å². The molecule has 0 saturated carbocycles. The fourth-order valence-electron chi connectivity index (χ4n) is 3.23. The molecule has 1 aliphatic heterocycles. The molecule has 2 N–H and O–H groups in total. The third-order valence-electron chi connectivity index (χ3n) is 4.69. The maximum Gasteiger partial charge on any atom is 0.256 e. The number of halogens is 1. The van der Waals surface area contributed by atoms with Crippen molar-refractivity contribution in [1.82, 2.24) is 10.2 Å². The first-order chi connectivity index (χ1) is 13.5. The second-order valence-electron chi connectivity index (χ2n) is 6.68. The molecule has 1 atom stereocenters. The maximum absolute atomic E-state index is 13.2. The quantitative estimate of drug-likeness (QED) is 0.779. The number of anilines is 1. The van der Waals surface area contributed by atoms with Crippen LogP contribution in [0.5, 0.6) is 11.5 Å². The van der Waals surface area contributed by atoms with Crippen LogP contribution in [0.4, 0.5) is 5.69 Å². The van der Waals surface area contributed by atoms with E-state index in [0.717, 1.165) is 6.54 Å². The van der Waals surface area contributed by atoms with Gasteiger partial charge in [0.25, 0.3) is 11.8 Å². The lowest BCUT2D eigenvalue weighted by atomic mass is 10.1. The Labute approximate surface area is 176 Å². The van der Waals surface area contributed by atoms with Gasteiger partial charge in [-0.3, -0.25) is 9.59 Å². The van der Waals surface area contributed by atoms with Crippen LogP contribution in [0.15, 0.2) is 42.5 Å². The number of piperazine rings is 1. The van der Waals surface area contributed by atoms with Gasteiger partial charge in [0.1, 0.15) is 0 Å². The van der Waals surface area contributed by atoms with Crippen LogP contribution in [0.25, 0.3) is 0 Å². The minimum atomic E-state index is -0.296. The molecule has 0 aromatic heterocycles. The zero-order valence-corrected chi connectivity index (χ0v) is 17.5. The van der Waals surface area contributed by atoms with Gasteiger partial charge >= 0.3 is 0 Å². The molecule has 8 heteroatoms. The van der Waals surface area contributed by atoms with Gasteiger partial charge in [-0.1, -0.05) is 18.2 Å². The van der Waals surface area contributed by atoms with Crippen molar-refractivity contribution in [3.63, 3.8) is 0 Å². The molecular weight excluding hydrogens is 394 g/mol. The van der Waals surface area contributed by atoms with Crippen LogP contribution >= 0.6 is 12.4 Å². The van der Waals surface area contributed by atoms with Gasteiger partial charge in [0.05, 0.1) is 25.5 Å². The molecule has 1 heterocycles. The van der Waals surface area contributed by atoms with Gasteiger partial charge in [0.15, 0.2) is 11.5 Å². The van der Waals surface area contributed by atoms with E-state index >= 15 is 0 Å². The fourth-order valence-corrected chi connectivity index (χ4v) is 3.23. The number of hydrogen-bond acceptors (Lipinski definition) is 5. The summed E-state index contributed by atoms with van der Waals surface area (Å²) in [5, 5.41) is 6.17. The summed E-state index contributed by atoms with van der Waals surface area (Å²) in [7, 11) is 3.03. The molecule has 0 radical (unpaired) electrons. The Bertz CT molecular complexity index is 861. The van der Waals surface area contributed by atoms with Crippen molar-refractivity contribution < 1.29 is 19.1 Å². The number of nitrogens with one attached hydrogen (secondary N) is 2. The predicted octanol–water partition coefficient (Wildman–Crippen LogP) is 2.81. The number of nitrogens with zero attached hydrogens (tertiary/aromatic N) is 1. The second kappa shape index (κ2) is 10.1. The number of hydrogen-bond donors (Lipinski definition) is 2. The van der Waals surface area contributed by atoms with Crippen molar-refractivity contribution in [2.24, 2.45) is 0 Å². The summed E-state index contributed by atoms with van der Waals surface area (Å²) < 4.78 is 10.7. The van der Waals surface area contributed by atoms with Crippen LogP contribution in [0.2, 0.25) is 0 Å². The molecular formula is C21H26ClN3O4. The summed E-state index contributed by atoms with van der Waals surface area (Å²) in [6.45, 7) is 3.96. The van der Waals surface area contributed by atoms with E-state index in [1.807, 2.05) is 13.0 Å². The first-order valence-corrected chi connectivity index (χ1v) is 9.18. The first-order valence-electron chi connectivity index (χ1n) is 9.18. The molecule has 1 fully saturated rings. The van der Waals surface area contributed by atoms with Crippen LogP contribution < -0.4 is 20.1 Å². The van der Waals surface area contributed by atoms with Crippen LogP contribution in [-0.2, 0) is 0 Å². The highest BCUT2D eigenvalue weighted by atomic mass is 35.5. The highest BCUT2D eigenvalue weighted by molar-refractivity contribution is 6.09. The lowest BCUT2D eigenvalue weighted by Crippen LogP contribution is -2.51. The Morgan fingerprint density at radius 3 is 2.38 bits per heavy atom. The van der Waals surface area contributed by atoms with Crippen LogP contribution in [0.1, 0.15) is 27.6 Å². The van der Waals surface area contributed by atoms with Crippen molar-refractivity contribution in [3.8, 4) is 11.5 Å². The summed E-state index contributed by atoms with van der Waals surface area (Å²) >= 11 is 0. The van der Waals surface area contributed by atoms with E-state index < -0.39 is 0 Å². The number of ether oxygens (including phenoxy) is 2. The van der Waals surface area contributed by atoms with E-state index in [-0.39, 0.29) is 30.3 Å². The summed E-state index contributed by atoms with van der Waals surface area (Å²) in [6.07, 6.45) is 0. The lowest BCUT2D eigenvalue weighted by Gasteiger charge is -2.32. The normalized spacial score (nSPS) is 15.8. The van der Waals surface area contributed by atoms with Crippen molar-refractivity contribution in [2.45, 2.75) is 13.0 Å². The van der Waals surface area contributed by atoms with Gasteiger partial charge in [-0.15, -0.1) is 12.4 Å². The molecule has 1 saturated heterocycles. The van der Waals surface area contributed by atoms with E-state index in [1.54, 1.807) is 41.3 Å². The molecule has 156 valence electrons. The maximum atomic E-state index is 13.2. The summed E-state index contributed by atoms with van der Waals surface area (Å²) in [6, 6.07) is 12.3. The van der Waals surface area contributed by atoms with Crippen molar-refractivity contribution >= 4 is 29.9 Å². The molecule has 1 aliphatic rings. The molecule has 2 amide bonds. The molecule has 29 heavy (non-hydrogen) atoms. The van der Waals surface area contributed by atoms with Gasteiger partial charge in [-0.05, 0) is 25.1 Å². The molecule has 2 aromatic carbocycles. The Morgan fingerprint density at radius 2 is 1.76 bits per heavy atom. The summed E-state index contributed by atoms with van der Waals surface area (Å²) in [5.41, 5.74) is 1.27. The zero-order chi connectivity index (χ0) is 20.1. The molecule has 0 aliphatic carbocycles. The van der Waals surface area contributed by atoms with Crippen LogP contribution in [-0.4, -0.2) is 56.6 Å². The van der Waals surface area contributed by atoms with Gasteiger partial charge in [0, 0.05) is 37.3 Å². The average Bonchev–Trinajstić information content (AvgIpc) is 2.73. The molecule has 2 aromatic rings. The second-order valence-corrected chi connectivity index (χ2v) is 6.68. The largest absolute Gasteiger partial charge is 0.493 e. The number of amides is 2. The van der Waals surface area contributed by atoms with Gasteiger partial charge in [0.2, 0.25) is 0 Å². The van der Waals surface area contributed by atoms with E-state index in [4.69, 9.17) is 9.47 Å². The van der Waals surface area contributed by atoms with E-state index in [2.05, 4.69) is 10.6 Å². The standard InChI is InChI=1S/C21H25N3O4.ClH/c1-14-13-24(10-9-22-14)21(26)16-11-18(27-2)19(28-3)12-17(16)23-20(25)15-7-5-4-6-8-15;/h4-8,11-12,14,22H,9-10,13H2,1-3H3,(H,23,25);1H. The van der Waals surface area contributed by atoms with Crippen LogP contribution in [0, 0.1) is 0 Å². The third-order valence-corrected chi connectivity index (χ3v) is 4.69. The minimum absolute atomic E-state index is 0. The van der Waals surface area contributed by atoms with Gasteiger partial charge < -0.3 is 25.0 Å². The molecule has 1 unspecified atom stereocenters. The zero-order valence-electron chi connectivity index (χ0n) is 16.7. The number of carbonyl (C=O) groups is 2. The summed E-state index contributed by atoms with van der Waals surface area (Å²) in [4.78, 5) is 27.6. The van der Waals surface area contributed by atoms with Gasteiger partial charge in [-0.2, -0.15) is 0 Å². The smallest absolute Gasteiger partial charge is 0.256 e. The van der Waals surface area contributed by atoms with E-state index in [9.17, 15) is 9.59 Å². The Balaban J connectivity index is 0.00000300. The van der Waals surface area contributed by atoms with E-state index in [0.29, 0.717) is 41.4 Å². The topological polar surface area (TPSA) is 79.9 Å². The minimum Gasteiger partial charge on any atom is -0.493 e. The molecule has 3 rings (SSSR count). The first kappa shape index (κ1) is 22.5. The lowest BCUT2D eigenvalue weighted by molar-refractivity contribution is 0.0709. The highest BCUT2D eigenvalue weighted by Gasteiger charge is 2.26. The van der Waals surface area contributed by atoms with Crippen LogP contribution in [0.3, 0.4) is 0 Å². The number of rotatable bonds is 5. The predicted molar refractivity (Wildman–Crippen MR) is 115 cm³/mol. The van der Waals surface area contributed by atoms with Crippen molar-refractivity contribution in [3.05, 3.63) is 53.6 Å². The Morgan fingerprint density at radius 1 is 1.10 bits per heavy atom. The van der Waals surface area contributed by atoms with Crippen molar-refractivity contribution in [1.29, 1.82) is 0 Å². The number of methoxy groups -OCH3 is 2. The third kappa shape index (κ3) is 5.19. The molecule has 0 bridgehead atoms. The SMILES string of the molecule is COc1cc(NC(=O)c2ccccc2)c(C(=O)N2CCNC(C)C2)cc1OC.Cl.